The van der Waals surface area contributed by atoms with Gasteiger partial charge in [-0.05, 0) is 50.1 Å². The molecule has 0 radical (unpaired) electrons. The summed E-state index contributed by atoms with van der Waals surface area (Å²) in [6, 6.07) is 12.2. The zero-order chi connectivity index (χ0) is 25.4. The van der Waals surface area contributed by atoms with Gasteiger partial charge in [-0.2, -0.15) is 0 Å². The van der Waals surface area contributed by atoms with E-state index in [1.807, 2.05) is 37.3 Å². The van der Waals surface area contributed by atoms with Gasteiger partial charge in [0.25, 0.3) is 5.92 Å². The second-order valence-electron chi connectivity index (χ2n) is 10.4. The molecule has 0 amide bonds. The summed E-state index contributed by atoms with van der Waals surface area (Å²) in [6.45, 7) is 5.13. The standard InChI is InChI=1S/C28H35F3N4O/c1-3-4-11-34-14-20(15-34)32-19-9-10-22(24(29)13-19)27-26-23(21-7-5-6-8-25(21)33-26)12-18(2)35(27)16-28(30,31)17-36/h5-10,13,18,20,27,32-33,36H,3-4,11-12,14-17H2,1-2H3. The van der Waals surface area contributed by atoms with Gasteiger partial charge in [-0.1, -0.05) is 37.6 Å². The Hall–Kier alpha value is -2.55. The summed E-state index contributed by atoms with van der Waals surface area (Å²) in [7, 11) is 0. The van der Waals surface area contributed by atoms with E-state index in [0.29, 0.717) is 17.7 Å². The average Bonchev–Trinajstić information content (AvgIpc) is 3.19. The van der Waals surface area contributed by atoms with Gasteiger partial charge in [-0.15, -0.1) is 0 Å². The van der Waals surface area contributed by atoms with Crippen molar-refractivity contribution < 1.29 is 18.3 Å². The van der Waals surface area contributed by atoms with Crippen LogP contribution in [0.2, 0.25) is 0 Å². The number of rotatable bonds is 9. The fourth-order valence-corrected chi connectivity index (χ4v) is 5.71. The molecular formula is C28H35F3N4O. The number of likely N-dealkylation sites (tertiary alicyclic amines) is 1. The highest BCUT2D eigenvalue weighted by atomic mass is 19.3. The van der Waals surface area contributed by atoms with Crippen molar-refractivity contribution in [3.8, 4) is 0 Å². The molecule has 3 heterocycles. The zero-order valence-corrected chi connectivity index (χ0v) is 20.9. The quantitative estimate of drug-likeness (QED) is 0.380. The Morgan fingerprint density at radius 2 is 1.94 bits per heavy atom. The van der Waals surface area contributed by atoms with E-state index in [-0.39, 0.29) is 12.1 Å². The number of anilines is 1. The first-order chi connectivity index (χ1) is 17.3. The normalized spacial score (nSPS) is 21.5. The highest BCUT2D eigenvalue weighted by Crippen LogP contribution is 2.42. The fraction of sp³-hybridized carbons (Fsp3) is 0.500. The minimum Gasteiger partial charge on any atom is -0.390 e. The molecule has 2 aliphatic heterocycles. The molecule has 194 valence electrons. The summed E-state index contributed by atoms with van der Waals surface area (Å²) < 4.78 is 44.6. The van der Waals surface area contributed by atoms with Crippen LogP contribution in [-0.2, 0) is 6.42 Å². The molecule has 0 aliphatic carbocycles. The van der Waals surface area contributed by atoms with E-state index < -0.39 is 30.9 Å². The van der Waals surface area contributed by atoms with Crippen LogP contribution in [0.15, 0.2) is 42.5 Å². The molecule has 1 fully saturated rings. The van der Waals surface area contributed by atoms with Crippen molar-refractivity contribution in [1.29, 1.82) is 0 Å². The van der Waals surface area contributed by atoms with Crippen molar-refractivity contribution >= 4 is 16.6 Å². The number of halogens is 3. The molecule has 2 atom stereocenters. The minimum absolute atomic E-state index is 0.264. The Balaban J connectivity index is 1.46. The molecule has 0 saturated carbocycles. The Kier molecular flexibility index (Phi) is 7.03. The van der Waals surface area contributed by atoms with E-state index in [0.717, 1.165) is 41.8 Å². The largest absolute Gasteiger partial charge is 0.390 e. The number of aromatic amines is 1. The predicted molar refractivity (Wildman–Crippen MR) is 137 cm³/mol. The molecule has 2 aliphatic rings. The molecule has 5 nitrogen and oxygen atoms in total. The van der Waals surface area contributed by atoms with Crippen molar-refractivity contribution in [2.24, 2.45) is 0 Å². The summed E-state index contributed by atoms with van der Waals surface area (Å²) in [5.41, 5.74) is 3.74. The van der Waals surface area contributed by atoms with Gasteiger partial charge in [-0.25, -0.2) is 13.2 Å². The van der Waals surface area contributed by atoms with Crippen LogP contribution in [0.3, 0.4) is 0 Å². The number of nitrogens with one attached hydrogen (secondary N) is 2. The van der Waals surface area contributed by atoms with E-state index in [1.165, 1.54) is 18.9 Å². The lowest BCUT2D eigenvalue weighted by Gasteiger charge is -2.42. The molecular weight excluding hydrogens is 465 g/mol. The predicted octanol–water partition coefficient (Wildman–Crippen LogP) is 5.17. The van der Waals surface area contributed by atoms with Crippen LogP contribution >= 0.6 is 0 Å². The van der Waals surface area contributed by atoms with Crippen LogP contribution in [0.4, 0.5) is 18.9 Å². The Morgan fingerprint density at radius 3 is 2.67 bits per heavy atom. The molecule has 0 spiro atoms. The Morgan fingerprint density at radius 1 is 1.17 bits per heavy atom. The summed E-state index contributed by atoms with van der Waals surface area (Å²) in [5, 5.41) is 13.7. The van der Waals surface area contributed by atoms with Gasteiger partial charge in [0.2, 0.25) is 0 Å². The number of benzene rings is 2. The second kappa shape index (κ2) is 10.1. The first-order valence-corrected chi connectivity index (χ1v) is 12.9. The summed E-state index contributed by atoms with van der Waals surface area (Å²) in [5.74, 6) is -3.72. The number of unbranched alkanes of at least 4 members (excludes halogenated alkanes) is 1. The highest BCUT2D eigenvalue weighted by molar-refractivity contribution is 5.85. The fourth-order valence-electron chi connectivity index (χ4n) is 5.71. The third kappa shape index (κ3) is 4.86. The van der Waals surface area contributed by atoms with Crippen LogP contribution in [0.25, 0.3) is 10.9 Å². The van der Waals surface area contributed by atoms with Crippen LogP contribution in [-0.4, -0.2) is 70.7 Å². The number of H-pyrrole nitrogens is 1. The van der Waals surface area contributed by atoms with Crippen LogP contribution < -0.4 is 5.32 Å². The lowest BCUT2D eigenvalue weighted by molar-refractivity contribution is -0.0866. The number of aromatic nitrogens is 1. The summed E-state index contributed by atoms with van der Waals surface area (Å²) in [6.07, 6.45) is 2.91. The van der Waals surface area contributed by atoms with Crippen molar-refractivity contribution in [3.05, 3.63) is 65.1 Å². The first-order valence-electron chi connectivity index (χ1n) is 12.9. The monoisotopic (exact) mass is 500 g/mol. The highest BCUT2D eigenvalue weighted by Gasteiger charge is 2.42. The lowest BCUT2D eigenvalue weighted by Crippen LogP contribution is -2.54. The van der Waals surface area contributed by atoms with Crippen molar-refractivity contribution in [3.63, 3.8) is 0 Å². The topological polar surface area (TPSA) is 54.5 Å². The third-order valence-electron chi connectivity index (χ3n) is 7.61. The van der Waals surface area contributed by atoms with Crippen molar-refractivity contribution in [2.45, 2.75) is 57.2 Å². The van der Waals surface area contributed by atoms with Crippen LogP contribution in [0, 0.1) is 5.82 Å². The first kappa shape index (κ1) is 25.1. The molecule has 1 aromatic heterocycles. The average molecular weight is 501 g/mol. The van der Waals surface area contributed by atoms with E-state index >= 15 is 4.39 Å². The number of aliphatic hydroxyl groups is 1. The maximum Gasteiger partial charge on any atom is 0.283 e. The molecule has 5 rings (SSSR count). The van der Waals surface area contributed by atoms with E-state index in [2.05, 4.69) is 22.1 Å². The van der Waals surface area contributed by atoms with Crippen LogP contribution in [0.1, 0.15) is 49.6 Å². The zero-order valence-electron chi connectivity index (χ0n) is 20.9. The molecule has 2 aromatic carbocycles. The van der Waals surface area contributed by atoms with Gasteiger partial charge in [0.15, 0.2) is 0 Å². The molecule has 8 heteroatoms. The van der Waals surface area contributed by atoms with Gasteiger partial charge in [0.1, 0.15) is 12.4 Å². The number of alkyl halides is 2. The number of hydrogen-bond acceptors (Lipinski definition) is 4. The second-order valence-corrected chi connectivity index (χ2v) is 10.4. The molecule has 3 aromatic rings. The van der Waals surface area contributed by atoms with E-state index in [4.69, 9.17) is 0 Å². The number of para-hydroxylation sites is 1. The number of hydrogen-bond donors (Lipinski definition) is 3. The maximum absolute atomic E-state index is 15.7. The molecule has 2 unspecified atom stereocenters. The van der Waals surface area contributed by atoms with E-state index in [1.54, 1.807) is 11.0 Å². The molecule has 0 bridgehead atoms. The van der Waals surface area contributed by atoms with Crippen LogP contribution in [0.5, 0.6) is 0 Å². The van der Waals surface area contributed by atoms with Gasteiger partial charge in [0, 0.05) is 47.0 Å². The summed E-state index contributed by atoms with van der Waals surface area (Å²) in [4.78, 5) is 7.40. The SMILES string of the molecule is CCCCN1CC(Nc2ccc(C3c4[nH]c5ccccc5c4CC(C)N3CC(F)(F)CO)c(F)c2)C1. The summed E-state index contributed by atoms with van der Waals surface area (Å²) >= 11 is 0. The van der Waals surface area contributed by atoms with Crippen molar-refractivity contribution in [1.82, 2.24) is 14.8 Å². The van der Waals surface area contributed by atoms with E-state index in [9.17, 15) is 13.9 Å². The van der Waals surface area contributed by atoms with Gasteiger partial charge >= 0.3 is 0 Å². The Bertz CT molecular complexity index is 1210. The maximum atomic E-state index is 15.7. The molecule has 36 heavy (non-hydrogen) atoms. The lowest BCUT2D eigenvalue weighted by atomic mass is 9.88. The van der Waals surface area contributed by atoms with Gasteiger partial charge < -0.3 is 15.4 Å². The minimum atomic E-state index is -3.29. The molecule has 1 saturated heterocycles. The Labute approximate surface area is 210 Å². The van der Waals surface area contributed by atoms with Crippen molar-refractivity contribution in [2.75, 3.05) is 38.1 Å². The third-order valence-corrected chi connectivity index (χ3v) is 7.61. The van der Waals surface area contributed by atoms with Gasteiger partial charge in [0.05, 0.1) is 18.6 Å². The number of aliphatic hydroxyl groups excluding tert-OH is 1. The number of nitrogens with zero attached hydrogens (tertiary/aromatic N) is 2. The smallest absolute Gasteiger partial charge is 0.283 e. The van der Waals surface area contributed by atoms with Gasteiger partial charge in [-0.3, -0.25) is 9.80 Å². The molecule has 3 N–H and O–H groups in total. The number of fused-ring (bicyclic) bond motifs is 3.